The quantitative estimate of drug-likeness (QED) is 0.0817. The summed E-state index contributed by atoms with van der Waals surface area (Å²) in [6.07, 6.45) is -21.0. The highest BCUT2D eigenvalue weighted by atomic mass is 16.8. The predicted molar refractivity (Wildman–Crippen MR) is 199 cm³/mol. The van der Waals surface area contributed by atoms with Crippen molar-refractivity contribution in [3.05, 3.63) is 36.0 Å². The molecule has 4 aliphatic heterocycles. The van der Waals surface area contributed by atoms with Crippen molar-refractivity contribution in [2.75, 3.05) is 6.61 Å². The first kappa shape index (κ1) is 48.2. The number of hydrogen-bond acceptors (Lipinski definition) is 18. The van der Waals surface area contributed by atoms with Crippen molar-refractivity contribution in [2.24, 2.45) is 0 Å². The topological polar surface area (TPSA) is 276 Å². The summed E-state index contributed by atoms with van der Waals surface area (Å²) in [4.78, 5) is 0. The molecule has 18 nitrogen and oxygen atoms in total. The molecular formula is C39H66O18. The maximum absolute atomic E-state index is 11.5. The molecule has 4 rings (SSSR count). The molecule has 4 saturated heterocycles. The number of allylic oxidation sites excluding steroid dienone is 4. The Labute approximate surface area is 333 Å². The third kappa shape index (κ3) is 11.9. The van der Waals surface area contributed by atoms with Crippen molar-refractivity contribution in [3.63, 3.8) is 0 Å². The average molecular weight is 823 g/mol. The third-order valence-electron chi connectivity index (χ3n) is 11.1. The van der Waals surface area contributed by atoms with Gasteiger partial charge in [0.15, 0.2) is 25.2 Å². The fourth-order valence-corrected chi connectivity index (χ4v) is 7.14. The second kappa shape index (κ2) is 20.8. The van der Waals surface area contributed by atoms with Gasteiger partial charge in [0.1, 0.15) is 79.4 Å². The van der Waals surface area contributed by atoms with E-state index >= 15 is 0 Å². The highest BCUT2D eigenvalue weighted by Crippen LogP contribution is 2.35. The van der Waals surface area contributed by atoms with Crippen molar-refractivity contribution in [1.29, 1.82) is 0 Å². The van der Waals surface area contributed by atoms with Crippen LogP contribution >= 0.6 is 0 Å². The van der Waals surface area contributed by atoms with Crippen LogP contribution in [-0.4, -0.2) is 186 Å². The smallest absolute Gasteiger partial charge is 0.188 e. The lowest BCUT2D eigenvalue weighted by Gasteiger charge is -2.49. The van der Waals surface area contributed by atoms with Gasteiger partial charge in [0, 0.05) is 0 Å². The molecule has 0 amide bonds. The van der Waals surface area contributed by atoms with Gasteiger partial charge >= 0.3 is 0 Å². The van der Waals surface area contributed by atoms with E-state index in [0.29, 0.717) is 12.8 Å². The van der Waals surface area contributed by atoms with Gasteiger partial charge in [0.2, 0.25) is 0 Å². The van der Waals surface area contributed by atoms with Gasteiger partial charge in [-0.25, -0.2) is 0 Å². The van der Waals surface area contributed by atoms with Crippen LogP contribution in [0.4, 0.5) is 0 Å². The highest BCUT2D eigenvalue weighted by molar-refractivity contribution is 5.05. The zero-order valence-corrected chi connectivity index (χ0v) is 33.8. The van der Waals surface area contributed by atoms with Crippen molar-refractivity contribution >= 4 is 0 Å². The van der Waals surface area contributed by atoms with Gasteiger partial charge in [-0.2, -0.15) is 0 Å². The summed E-state index contributed by atoms with van der Waals surface area (Å²) in [6, 6.07) is 0. The number of ether oxygens (including phenoxy) is 8. The fourth-order valence-electron chi connectivity index (χ4n) is 7.14. The van der Waals surface area contributed by atoms with Crippen LogP contribution in [0.3, 0.4) is 0 Å². The second-order valence-corrected chi connectivity index (χ2v) is 16.2. The Bertz CT molecular complexity index is 1330. The Kier molecular flexibility index (Phi) is 17.6. The zero-order chi connectivity index (χ0) is 42.5. The molecule has 330 valence electrons. The first-order chi connectivity index (χ1) is 26.7. The largest absolute Gasteiger partial charge is 0.388 e. The average Bonchev–Trinajstić information content (AvgIpc) is 3.16. The molecule has 0 radical (unpaired) electrons. The summed E-state index contributed by atoms with van der Waals surface area (Å²) in [5, 5.41) is 107. The Morgan fingerprint density at radius 3 is 1.67 bits per heavy atom. The summed E-state index contributed by atoms with van der Waals surface area (Å²) >= 11 is 0. The van der Waals surface area contributed by atoms with Gasteiger partial charge in [0.05, 0.1) is 30.5 Å². The lowest BCUT2D eigenvalue weighted by atomic mass is 9.95. The predicted octanol–water partition coefficient (Wildman–Crippen LogP) is -1.22. The van der Waals surface area contributed by atoms with Gasteiger partial charge in [-0.3, -0.25) is 0 Å². The van der Waals surface area contributed by atoms with Crippen molar-refractivity contribution < 1.29 is 89.0 Å². The molecule has 0 aromatic heterocycles. The SMILES string of the molecule is C=C[C@@](C)(CCC=C(C)CCC=C(C)C)O[C@@H]1O[C@H](CO[C@@H]2O[C@@H](C)[C@H](O)[C@@H](O)[C@H]2O)[C@@H](O)[C@H](O)[C@H]1O[C@@H]1O[C@@H](C)[C@H](O[C@@H]2O[C@@H](C)[C@H](O)[C@@H](O)[C@H]2O)[C@@H](O)[C@H]1O. The second-order valence-electron chi connectivity index (χ2n) is 16.2. The van der Waals surface area contributed by atoms with E-state index in [2.05, 4.69) is 18.7 Å². The molecule has 0 aromatic carbocycles. The Hall–Kier alpha value is -1.50. The normalized spacial score (nSPS) is 45.6. The van der Waals surface area contributed by atoms with Crippen LogP contribution in [-0.2, 0) is 37.9 Å². The van der Waals surface area contributed by atoms with E-state index in [1.54, 1.807) is 13.0 Å². The van der Waals surface area contributed by atoms with Crippen LogP contribution in [0.15, 0.2) is 36.0 Å². The van der Waals surface area contributed by atoms with Crippen molar-refractivity contribution in [2.45, 2.75) is 203 Å². The summed E-state index contributed by atoms with van der Waals surface area (Å²) in [5.74, 6) is 0. The van der Waals surface area contributed by atoms with Crippen LogP contribution in [0.5, 0.6) is 0 Å². The number of hydrogen-bond donors (Lipinski definition) is 10. The summed E-state index contributed by atoms with van der Waals surface area (Å²) in [5.41, 5.74) is 1.30. The van der Waals surface area contributed by atoms with Crippen LogP contribution in [0.1, 0.15) is 74.1 Å². The minimum Gasteiger partial charge on any atom is -0.388 e. The maximum Gasteiger partial charge on any atom is 0.188 e. The molecule has 0 aliphatic carbocycles. The molecule has 4 fully saturated rings. The molecule has 0 unspecified atom stereocenters. The first-order valence-electron chi connectivity index (χ1n) is 19.6. The number of rotatable bonds is 16. The van der Waals surface area contributed by atoms with Gasteiger partial charge < -0.3 is 89.0 Å². The Morgan fingerprint density at radius 2 is 1.09 bits per heavy atom. The Balaban J connectivity index is 1.51. The lowest BCUT2D eigenvalue weighted by molar-refractivity contribution is -0.388. The van der Waals surface area contributed by atoms with E-state index in [9.17, 15) is 51.1 Å². The number of aliphatic hydroxyl groups is 10. The monoisotopic (exact) mass is 822 g/mol. The van der Waals surface area contributed by atoms with Gasteiger partial charge in [0.25, 0.3) is 0 Å². The van der Waals surface area contributed by atoms with E-state index in [4.69, 9.17) is 37.9 Å². The minimum atomic E-state index is -1.84. The Morgan fingerprint density at radius 1 is 0.579 bits per heavy atom. The molecule has 4 aliphatic rings. The minimum absolute atomic E-state index is 0.403. The van der Waals surface area contributed by atoms with E-state index in [1.165, 1.54) is 31.9 Å². The van der Waals surface area contributed by atoms with E-state index in [0.717, 1.165) is 12.8 Å². The maximum atomic E-state index is 11.5. The van der Waals surface area contributed by atoms with Crippen LogP contribution < -0.4 is 0 Å². The van der Waals surface area contributed by atoms with Gasteiger partial charge in [-0.15, -0.1) is 6.58 Å². The van der Waals surface area contributed by atoms with E-state index in [1.807, 2.05) is 20.8 Å². The van der Waals surface area contributed by atoms with E-state index < -0.39 is 135 Å². The molecule has 0 saturated carbocycles. The fraction of sp³-hybridized carbons (Fsp3) is 0.846. The molecule has 0 bridgehead atoms. The van der Waals surface area contributed by atoms with Crippen molar-refractivity contribution in [3.8, 4) is 0 Å². The molecule has 10 N–H and O–H groups in total. The van der Waals surface area contributed by atoms with Crippen LogP contribution in [0, 0.1) is 0 Å². The third-order valence-corrected chi connectivity index (χ3v) is 11.1. The van der Waals surface area contributed by atoms with Gasteiger partial charge in [-0.05, 0) is 74.1 Å². The van der Waals surface area contributed by atoms with Crippen LogP contribution in [0.2, 0.25) is 0 Å². The first-order valence-corrected chi connectivity index (χ1v) is 19.6. The molecule has 4 heterocycles. The number of aliphatic hydroxyl groups excluding tert-OH is 10. The van der Waals surface area contributed by atoms with Crippen molar-refractivity contribution in [1.82, 2.24) is 0 Å². The molecule has 57 heavy (non-hydrogen) atoms. The zero-order valence-electron chi connectivity index (χ0n) is 33.8. The summed E-state index contributed by atoms with van der Waals surface area (Å²) < 4.78 is 47.0. The summed E-state index contributed by atoms with van der Waals surface area (Å²) in [7, 11) is 0. The lowest BCUT2D eigenvalue weighted by Crippen LogP contribution is -2.66. The highest BCUT2D eigenvalue weighted by Gasteiger charge is 2.54. The molecule has 18 heteroatoms. The summed E-state index contributed by atoms with van der Waals surface area (Å²) in [6.45, 7) is 15.7. The van der Waals surface area contributed by atoms with E-state index in [-0.39, 0.29) is 0 Å². The molecule has 0 aromatic rings. The molecular weight excluding hydrogens is 756 g/mol. The molecule has 21 atom stereocenters. The van der Waals surface area contributed by atoms with Gasteiger partial charge in [-0.1, -0.05) is 29.4 Å². The van der Waals surface area contributed by atoms with Crippen LogP contribution in [0.25, 0.3) is 0 Å². The standard InChI is InChI=1S/C39H66O18/c1-9-39(8,15-11-14-18(4)13-10-12-17(2)3)57-38-34(28(45)25(42)22(54-38)16-50-35-30(47)26(43)23(40)19(5)51-35)56-37-32(49)29(46)33(21(7)53-37)55-36-31(48)27(44)24(41)20(6)52-36/h9,12,14,19-38,40-49H,1,10-11,13,15-16H2,2-8H3/t19-,20-,21-,22+,23-,24-,25+,26+,27+,28-,29-,30+,31+,32+,33-,34+,35+,36-,37-,38-,39-/m0/s1. The molecule has 0 spiro atoms.